The molecule has 0 aromatic heterocycles. The summed E-state index contributed by atoms with van der Waals surface area (Å²) in [5.41, 5.74) is 0. The van der Waals surface area contributed by atoms with Crippen LogP contribution in [0, 0.1) is 0 Å². The van der Waals surface area contributed by atoms with E-state index in [1.54, 1.807) is 0 Å². The summed E-state index contributed by atoms with van der Waals surface area (Å²) in [6, 6.07) is 0. The Hall–Kier alpha value is -3.67. The fraction of sp³-hybridized carbons (Fsp3) is 0.698. The van der Waals surface area contributed by atoms with Crippen molar-refractivity contribution < 1.29 is 28.6 Å². The third-order valence-corrected chi connectivity index (χ3v) is 12.1. The standard InChI is InChI=1S/C63H106O6/c1-4-7-10-13-16-18-20-22-23-24-25-26-27-28-29-30-31-32-33-34-35-36-37-38-39-41-42-44-47-50-53-56-62(65)68-59-60(58-67-61(64)55-52-49-46-15-12-9-6-3)69-63(66)57-54-51-48-45-43-40-21-19-17-14-11-8-5-2/h7,10,16,18,22-23,25-26,28-29,31-32,34-35,37-38,60H,4-6,8-9,11-15,17,19-21,24,27,30,33,36,39-59H2,1-3H3/b10-7-,18-16-,23-22-,26-25-,29-28-,32-31-,35-34-,38-37-. The molecule has 0 amide bonds. The van der Waals surface area contributed by atoms with Crippen molar-refractivity contribution in [3.63, 3.8) is 0 Å². The summed E-state index contributed by atoms with van der Waals surface area (Å²) in [7, 11) is 0. The lowest BCUT2D eigenvalue weighted by Crippen LogP contribution is -2.30. The van der Waals surface area contributed by atoms with Gasteiger partial charge in [0, 0.05) is 19.3 Å². The van der Waals surface area contributed by atoms with Gasteiger partial charge in [-0.3, -0.25) is 14.4 Å². The van der Waals surface area contributed by atoms with E-state index in [1.807, 2.05) is 0 Å². The number of ether oxygens (including phenoxy) is 3. The fourth-order valence-electron chi connectivity index (χ4n) is 7.81. The van der Waals surface area contributed by atoms with Crippen molar-refractivity contribution in [2.24, 2.45) is 0 Å². The lowest BCUT2D eigenvalue weighted by atomic mass is 10.0. The van der Waals surface area contributed by atoms with Gasteiger partial charge in [0.25, 0.3) is 0 Å². The van der Waals surface area contributed by atoms with Crippen LogP contribution in [0.2, 0.25) is 0 Å². The molecule has 0 heterocycles. The molecule has 0 saturated heterocycles. The molecule has 1 atom stereocenters. The first kappa shape index (κ1) is 65.3. The van der Waals surface area contributed by atoms with E-state index in [0.29, 0.717) is 19.3 Å². The number of carbonyl (C=O) groups excluding carboxylic acids is 3. The van der Waals surface area contributed by atoms with Crippen molar-refractivity contribution >= 4 is 17.9 Å². The van der Waals surface area contributed by atoms with Crippen molar-refractivity contribution in [3.8, 4) is 0 Å². The molecule has 0 spiro atoms. The first-order valence-corrected chi connectivity index (χ1v) is 28.7. The maximum atomic E-state index is 12.8. The molecular formula is C63H106O6. The number of esters is 3. The zero-order valence-corrected chi connectivity index (χ0v) is 45.0. The summed E-state index contributed by atoms with van der Waals surface area (Å²) in [6.45, 7) is 6.47. The molecule has 6 nitrogen and oxygen atoms in total. The molecule has 6 heteroatoms. The van der Waals surface area contributed by atoms with Crippen molar-refractivity contribution in [3.05, 3.63) is 97.2 Å². The molecule has 0 aromatic rings. The largest absolute Gasteiger partial charge is 0.462 e. The predicted molar refractivity (Wildman–Crippen MR) is 297 cm³/mol. The second-order valence-electron chi connectivity index (χ2n) is 18.8. The van der Waals surface area contributed by atoms with Crippen LogP contribution in [-0.4, -0.2) is 37.2 Å². The highest BCUT2D eigenvalue weighted by Crippen LogP contribution is 2.15. The predicted octanol–water partition coefficient (Wildman–Crippen LogP) is 19.3. The van der Waals surface area contributed by atoms with E-state index < -0.39 is 6.10 Å². The maximum absolute atomic E-state index is 12.8. The Balaban J connectivity index is 4.16. The van der Waals surface area contributed by atoms with Gasteiger partial charge in [-0.25, -0.2) is 0 Å². The molecule has 0 bridgehead atoms. The van der Waals surface area contributed by atoms with Crippen molar-refractivity contribution in [2.45, 2.75) is 271 Å². The van der Waals surface area contributed by atoms with Gasteiger partial charge in [-0.1, -0.05) is 259 Å². The number of hydrogen-bond acceptors (Lipinski definition) is 6. The maximum Gasteiger partial charge on any atom is 0.306 e. The first-order valence-electron chi connectivity index (χ1n) is 28.7. The second-order valence-corrected chi connectivity index (χ2v) is 18.8. The summed E-state index contributed by atoms with van der Waals surface area (Å²) in [5.74, 6) is -0.898. The molecule has 0 radical (unpaired) electrons. The van der Waals surface area contributed by atoms with Gasteiger partial charge in [0.1, 0.15) is 13.2 Å². The van der Waals surface area contributed by atoms with Crippen LogP contribution >= 0.6 is 0 Å². The Labute approximate surface area is 426 Å². The van der Waals surface area contributed by atoms with Gasteiger partial charge < -0.3 is 14.2 Å². The Morgan fingerprint density at radius 2 is 0.565 bits per heavy atom. The topological polar surface area (TPSA) is 78.9 Å². The lowest BCUT2D eigenvalue weighted by Gasteiger charge is -2.18. The number of hydrogen-bond donors (Lipinski definition) is 0. The average Bonchev–Trinajstić information content (AvgIpc) is 3.35. The normalized spacial score (nSPS) is 12.8. The van der Waals surface area contributed by atoms with Crippen LogP contribution in [-0.2, 0) is 28.6 Å². The fourth-order valence-corrected chi connectivity index (χ4v) is 7.81. The Morgan fingerprint density at radius 1 is 0.304 bits per heavy atom. The molecule has 0 aromatic carbocycles. The summed E-state index contributed by atoms with van der Waals surface area (Å²) >= 11 is 0. The highest BCUT2D eigenvalue weighted by atomic mass is 16.6. The van der Waals surface area contributed by atoms with E-state index in [4.69, 9.17) is 14.2 Å². The van der Waals surface area contributed by atoms with Gasteiger partial charge in [-0.05, 0) is 83.5 Å². The average molecular weight is 960 g/mol. The number of rotatable bonds is 51. The summed E-state index contributed by atoms with van der Waals surface area (Å²) in [4.78, 5) is 37.9. The SMILES string of the molecule is CC/C=C\C/C=C\C/C=C\C/C=C\C/C=C\C/C=C\C/C=C\C/C=C\CCCCCCCCC(=O)OCC(COC(=O)CCCCCCCCC)OC(=O)CCCCCCCCCCCCCCC. The lowest BCUT2D eigenvalue weighted by molar-refractivity contribution is -0.167. The Bertz CT molecular complexity index is 1380. The van der Waals surface area contributed by atoms with Crippen LogP contribution in [0.15, 0.2) is 97.2 Å². The number of unbranched alkanes of at least 4 members (excludes halogenated alkanes) is 24. The van der Waals surface area contributed by atoms with E-state index in [0.717, 1.165) is 122 Å². The zero-order valence-electron chi connectivity index (χ0n) is 45.0. The zero-order chi connectivity index (χ0) is 50.0. The molecule has 0 aliphatic carbocycles. The van der Waals surface area contributed by atoms with E-state index >= 15 is 0 Å². The minimum atomic E-state index is -0.778. The molecule has 0 N–H and O–H groups in total. The van der Waals surface area contributed by atoms with E-state index in [2.05, 4.69) is 118 Å². The molecule has 0 fully saturated rings. The van der Waals surface area contributed by atoms with E-state index in [1.165, 1.54) is 103 Å². The van der Waals surface area contributed by atoms with Crippen LogP contribution in [0.4, 0.5) is 0 Å². The van der Waals surface area contributed by atoms with Crippen LogP contribution in [0.5, 0.6) is 0 Å². The smallest absolute Gasteiger partial charge is 0.306 e. The number of allylic oxidation sites excluding steroid dienone is 16. The van der Waals surface area contributed by atoms with Crippen molar-refractivity contribution in [2.75, 3.05) is 13.2 Å². The van der Waals surface area contributed by atoms with Gasteiger partial charge in [0.2, 0.25) is 0 Å². The van der Waals surface area contributed by atoms with E-state index in [-0.39, 0.29) is 31.1 Å². The monoisotopic (exact) mass is 959 g/mol. The molecule has 0 aliphatic heterocycles. The molecule has 0 rings (SSSR count). The molecular weight excluding hydrogens is 853 g/mol. The summed E-state index contributed by atoms with van der Waals surface area (Å²) < 4.78 is 16.7. The van der Waals surface area contributed by atoms with Gasteiger partial charge in [0.05, 0.1) is 0 Å². The summed E-state index contributed by atoms with van der Waals surface area (Å²) in [6.07, 6.45) is 75.6. The van der Waals surface area contributed by atoms with Crippen molar-refractivity contribution in [1.82, 2.24) is 0 Å². The van der Waals surface area contributed by atoms with E-state index in [9.17, 15) is 14.4 Å². The molecule has 0 saturated carbocycles. The quantitative estimate of drug-likeness (QED) is 0.0262. The Kier molecular flexibility index (Phi) is 53.9. The van der Waals surface area contributed by atoms with Gasteiger partial charge in [0.15, 0.2) is 6.10 Å². The molecule has 394 valence electrons. The highest BCUT2D eigenvalue weighted by molar-refractivity contribution is 5.71. The summed E-state index contributed by atoms with van der Waals surface area (Å²) in [5, 5.41) is 0. The van der Waals surface area contributed by atoms with Gasteiger partial charge in [-0.15, -0.1) is 0 Å². The van der Waals surface area contributed by atoms with Crippen LogP contribution in [0.1, 0.15) is 265 Å². The second kappa shape index (κ2) is 56.9. The van der Waals surface area contributed by atoms with Crippen molar-refractivity contribution in [1.29, 1.82) is 0 Å². The van der Waals surface area contributed by atoms with Crippen LogP contribution < -0.4 is 0 Å². The molecule has 0 aliphatic rings. The molecule has 1 unspecified atom stereocenters. The highest BCUT2D eigenvalue weighted by Gasteiger charge is 2.19. The third-order valence-electron chi connectivity index (χ3n) is 12.1. The minimum absolute atomic E-state index is 0.0794. The molecule has 69 heavy (non-hydrogen) atoms. The first-order chi connectivity index (χ1) is 34.0. The van der Waals surface area contributed by atoms with Crippen LogP contribution in [0.25, 0.3) is 0 Å². The number of carbonyl (C=O) groups is 3. The minimum Gasteiger partial charge on any atom is -0.462 e. The van der Waals surface area contributed by atoms with Gasteiger partial charge in [-0.2, -0.15) is 0 Å². The van der Waals surface area contributed by atoms with Crippen LogP contribution in [0.3, 0.4) is 0 Å². The Morgan fingerprint density at radius 3 is 0.884 bits per heavy atom. The van der Waals surface area contributed by atoms with Gasteiger partial charge >= 0.3 is 17.9 Å². The third kappa shape index (κ3) is 55.1.